The number of carboxylic acid groups (broad SMARTS) is 1. The number of hydrogen-bond acceptors (Lipinski definition) is 38. The van der Waals surface area contributed by atoms with Crippen molar-refractivity contribution in [2.75, 3.05) is 75.6 Å². The standard InChI is InChI=1S/2C26H42N7O17P3S.C5H10O3/c2*1-14(2)9-17(35)54-8-7-28-16(34)5-6-29-24(38)21(37)26(3,4)11-47-53(44,45)50-52(42,43)46-10-15-20(49-51(39,40)41)19(36)25(48-15)33-13-32-18-22(27)30-12-31-23(18)33;1-3(2)4(6)5(7)8/h2*9,12-13,15,19-21,25,36-37H,5-8,10-11H2,1-4H3,(H,28,34)(H,29,38)(H,42,43)(H,44,45)(H2,27,30,31)(H2,39,40,41);3-4,6H,1-2H3,(H,7,8)/t2*15-,19-,20-,21+,25-;/m11./s1. The average molecular weight is 1820 g/mol. The third-order valence-electron chi connectivity index (χ3n) is 15.2. The largest absolute Gasteiger partial charge is 0.481 e. The zero-order chi connectivity index (χ0) is 88.0. The molecule has 4 aromatic heterocycles. The van der Waals surface area contributed by atoms with Crippen molar-refractivity contribution < 1.29 is 176 Å². The van der Waals surface area contributed by atoms with Gasteiger partial charge in [-0.2, -0.15) is 8.62 Å². The number of phosphoric acid groups is 6. The number of fused-ring (bicyclic) bond motifs is 2. The molecule has 6 rings (SSSR count). The highest BCUT2D eigenvalue weighted by Crippen LogP contribution is 2.63. The smallest absolute Gasteiger partial charge is 0.479 e. The van der Waals surface area contributed by atoms with Gasteiger partial charge in [-0.05, 0) is 45.8 Å². The van der Waals surface area contributed by atoms with E-state index in [-0.39, 0.29) is 89.1 Å². The number of phosphoric ester groups is 6. The second kappa shape index (κ2) is 44.5. The minimum absolute atomic E-state index is 0.0301. The first-order valence-electron chi connectivity index (χ1n) is 33.7. The summed E-state index contributed by atoms with van der Waals surface area (Å²) in [5.74, 6) is -3.62. The number of carbonyl (C=O) groups excluding carboxylic acids is 6. The predicted molar refractivity (Wildman–Crippen MR) is 402 cm³/mol. The van der Waals surface area contributed by atoms with Gasteiger partial charge >= 0.3 is 52.9 Å². The number of aliphatic hydroxyl groups is 5. The molecule has 59 heteroatoms. The Bertz CT molecular complexity index is 4170. The number of thioether (sulfide) groups is 2. The van der Waals surface area contributed by atoms with Crippen molar-refractivity contribution in [2.24, 2.45) is 16.7 Å². The van der Waals surface area contributed by atoms with Crippen LogP contribution in [0.5, 0.6) is 0 Å². The number of carboxylic acids is 1. The second-order valence-corrected chi connectivity index (χ2v) is 37.6. The lowest BCUT2D eigenvalue weighted by molar-refractivity contribution is -0.149. The van der Waals surface area contributed by atoms with Gasteiger partial charge in [0.25, 0.3) is 0 Å². The Morgan fingerprint density at radius 2 is 0.879 bits per heavy atom. The molecule has 0 saturated carbocycles. The summed E-state index contributed by atoms with van der Waals surface area (Å²) >= 11 is 2.04. The Kier molecular flexibility index (Phi) is 39.3. The first-order valence-corrected chi connectivity index (χ1v) is 44.7. The van der Waals surface area contributed by atoms with Gasteiger partial charge in [0.1, 0.15) is 72.5 Å². The number of nitrogens with zero attached hydrogens (tertiary/aromatic N) is 8. The molecule has 51 nitrogen and oxygen atoms in total. The lowest BCUT2D eigenvalue weighted by atomic mass is 9.87. The van der Waals surface area contributed by atoms with Crippen LogP contribution < -0.4 is 32.7 Å². The van der Waals surface area contributed by atoms with Crippen molar-refractivity contribution in [1.82, 2.24) is 60.3 Å². The number of nitrogens with two attached hydrogens (primary N) is 2. The molecule has 15 atom stereocenters. The number of nitrogen functional groups attached to an aromatic ring is 2. The van der Waals surface area contributed by atoms with E-state index < -0.39 is 181 Å². The van der Waals surface area contributed by atoms with Gasteiger partial charge in [-0.25, -0.2) is 62.1 Å². The van der Waals surface area contributed by atoms with E-state index in [1.165, 1.54) is 39.8 Å². The Hall–Kier alpha value is -5.97. The fourth-order valence-corrected chi connectivity index (χ4v) is 16.5. The van der Waals surface area contributed by atoms with E-state index >= 15 is 0 Å². The highest BCUT2D eigenvalue weighted by atomic mass is 32.2. The number of anilines is 2. The molecule has 5 unspecified atom stereocenters. The summed E-state index contributed by atoms with van der Waals surface area (Å²) in [6.07, 6.45) is -12.1. The SMILES string of the molecule is CC(C)=CC(=O)SCCNC(=O)CCNC(=O)[C@H](O)C(C)(C)COP(=O)(O)OP(=O)(O)OC[C@H]1O[C@@H](n2cnc3c(N)ncnc32)[C@H](O)[C@@H]1OP(=O)(O)O.CC(C)=CC(=O)SCCNC(=O)CCNC(=O)[C@H](O)C(C)(C)COP(=O)(O)OP(=O)(O)OC[C@H]1O[C@@H](n2cnc3c(N)ncnc32)[C@H](O)[C@@H]1OP(=O)(O)O.CC(C)C(O)C(=O)O. The maximum Gasteiger partial charge on any atom is 0.481 e. The number of imidazole rings is 2. The fourth-order valence-electron chi connectivity index (χ4n) is 9.40. The third-order valence-corrected chi connectivity index (χ3v) is 23.0. The summed E-state index contributed by atoms with van der Waals surface area (Å²) in [5.41, 5.74) is 10.2. The maximum atomic E-state index is 12.6. The zero-order valence-corrected chi connectivity index (χ0v) is 70.3. The highest BCUT2D eigenvalue weighted by Gasteiger charge is 2.53. The van der Waals surface area contributed by atoms with Gasteiger partial charge < -0.3 is 112 Å². The first-order chi connectivity index (χ1) is 53.4. The fraction of sp³-hybridized carbons (Fsp3) is 0.632. The highest BCUT2D eigenvalue weighted by molar-refractivity contribution is 8.14. The molecule has 0 spiro atoms. The molecule has 656 valence electrons. The van der Waals surface area contributed by atoms with E-state index in [4.69, 9.17) is 49.2 Å². The molecule has 0 bridgehead atoms. The monoisotopic (exact) mass is 1820 g/mol. The summed E-state index contributed by atoms with van der Waals surface area (Å²) < 4.78 is 124. The Morgan fingerprint density at radius 3 is 1.18 bits per heavy atom. The number of nitrogens with one attached hydrogen (secondary N) is 4. The molecule has 2 aliphatic heterocycles. The minimum Gasteiger partial charge on any atom is -0.479 e. The van der Waals surface area contributed by atoms with Gasteiger partial charge in [0.05, 0.1) is 39.1 Å². The molecule has 116 heavy (non-hydrogen) atoms. The Balaban J connectivity index is 0.000000445. The topological polar surface area (TPSA) is 785 Å². The third kappa shape index (κ3) is 34.3. The van der Waals surface area contributed by atoms with Crippen LogP contribution >= 0.6 is 70.5 Å². The molecule has 2 saturated heterocycles. The quantitative estimate of drug-likeness (QED) is 0.0149. The lowest BCUT2D eigenvalue weighted by Crippen LogP contribution is -2.46. The molecule has 2 aliphatic rings. The van der Waals surface area contributed by atoms with Crippen molar-refractivity contribution in [2.45, 2.75) is 149 Å². The van der Waals surface area contributed by atoms with E-state index in [1.807, 2.05) is 0 Å². The first kappa shape index (κ1) is 102. The van der Waals surface area contributed by atoms with Crippen molar-refractivity contribution in [1.29, 1.82) is 0 Å². The molecular formula is C57H94N14O37P6S2. The minimum atomic E-state index is -5.57. The van der Waals surface area contributed by atoms with Crippen molar-refractivity contribution in [3.63, 3.8) is 0 Å². The van der Waals surface area contributed by atoms with Crippen LogP contribution in [0.3, 0.4) is 0 Å². The predicted octanol–water partition coefficient (Wildman–Crippen LogP) is -0.650. The van der Waals surface area contributed by atoms with Gasteiger partial charge in [-0.1, -0.05) is 76.2 Å². The second-order valence-electron chi connectivity index (χ2n) is 26.9. The number of rotatable bonds is 42. The van der Waals surface area contributed by atoms with Crippen molar-refractivity contribution in [3.05, 3.63) is 48.6 Å². The molecule has 4 amide bonds. The molecule has 0 aromatic carbocycles. The number of hydrogen-bond donors (Lipinski definition) is 20. The van der Waals surface area contributed by atoms with Crippen LogP contribution in [0.25, 0.3) is 22.3 Å². The molecule has 6 heterocycles. The van der Waals surface area contributed by atoms with E-state index in [0.29, 0.717) is 11.5 Å². The number of allylic oxidation sites excluding steroid dienone is 2. The summed E-state index contributed by atoms with van der Waals surface area (Å²) in [5, 5.41) is 69.0. The number of ether oxygens (including phenoxy) is 2. The summed E-state index contributed by atoms with van der Waals surface area (Å²) in [4.78, 5) is 184. The number of amides is 4. The van der Waals surface area contributed by atoms with Gasteiger partial charge in [-0.15, -0.1) is 0 Å². The number of carbonyl (C=O) groups is 7. The number of aliphatic hydroxyl groups excluding tert-OH is 5. The molecule has 0 radical (unpaired) electrons. The van der Waals surface area contributed by atoms with Crippen LogP contribution in [-0.2, 0) is 106 Å². The Labute approximate surface area is 668 Å². The van der Waals surface area contributed by atoms with Gasteiger partial charge in [0, 0.05) is 61.4 Å². The normalized spacial score (nSPS) is 21.3. The van der Waals surface area contributed by atoms with Crippen LogP contribution in [-0.4, -0.2) is 268 Å². The van der Waals surface area contributed by atoms with Crippen LogP contribution in [0.2, 0.25) is 0 Å². The van der Waals surface area contributed by atoms with Gasteiger partial charge in [0.15, 0.2) is 41.5 Å². The molecule has 0 aliphatic carbocycles. The number of aliphatic carboxylic acids is 1. The van der Waals surface area contributed by atoms with Crippen LogP contribution in [0.15, 0.2) is 48.6 Å². The average Bonchev–Trinajstić information content (AvgIpc) is 1.62. The van der Waals surface area contributed by atoms with Crippen LogP contribution in [0, 0.1) is 16.7 Å². The van der Waals surface area contributed by atoms with Crippen LogP contribution in [0.4, 0.5) is 11.6 Å². The Morgan fingerprint density at radius 1 is 0.543 bits per heavy atom. The van der Waals surface area contributed by atoms with Gasteiger partial charge in [-0.3, -0.25) is 65.0 Å². The summed E-state index contributed by atoms with van der Waals surface area (Å²) in [6, 6.07) is 0. The summed E-state index contributed by atoms with van der Waals surface area (Å²) in [6.45, 7) is 11.4. The molecule has 2 fully saturated rings. The molecule has 4 aromatic rings. The van der Waals surface area contributed by atoms with Crippen LogP contribution in [0.1, 0.15) is 94.5 Å². The zero-order valence-electron chi connectivity index (χ0n) is 63.3. The van der Waals surface area contributed by atoms with Gasteiger partial charge in [0.2, 0.25) is 33.9 Å². The number of aromatic nitrogens is 8. The lowest BCUT2D eigenvalue weighted by Gasteiger charge is -2.30. The van der Waals surface area contributed by atoms with E-state index in [0.717, 1.165) is 69.1 Å². The maximum absolute atomic E-state index is 12.6. The van der Waals surface area contributed by atoms with Crippen molar-refractivity contribution >= 4 is 144 Å². The summed E-state index contributed by atoms with van der Waals surface area (Å²) in [7, 11) is -32.8. The van der Waals surface area contributed by atoms with Crippen molar-refractivity contribution in [3.8, 4) is 0 Å². The van der Waals surface area contributed by atoms with E-state index in [9.17, 15) is 121 Å². The molecular weight excluding hydrogens is 1720 g/mol. The molecule has 22 N–H and O–H groups in total. The van der Waals surface area contributed by atoms with E-state index in [2.05, 4.69) is 68.8 Å². The van der Waals surface area contributed by atoms with E-state index in [1.54, 1.807) is 41.5 Å².